The van der Waals surface area contributed by atoms with Crippen molar-refractivity contribution in [1.29, 1.82) is 0 Å². The summed E-state index contributed by atoms with van der Waals surface area (Å²) in [5.41, 5.74) is 2.61. The van der Waals surface area contributed by atoms with E-state index >= 15 is 0 Å². The van der Waals surface area contributed by atoms with Gasteiger partial charge in [-0.1, -0.05) is 179 Å². The minimum atomic E-state index is -3.39. The van der Waals surface area contributed by atoms with Crippen molar-refractivity contribution in [2.45, 2.75) is 29.7 Å². The molecule has 0 radical (unpaired) electrons. The van der Waals surface area contributed by atoms with E-state index in [0.717, 1.165) is 32.9 Å². The van der Waals surface area contributed by atoms with Gasteiger partial charge in [0.25, 0.3) is 11.8 Å². The van der Waals surface area contributed by atoms with E-state index in [1.807, 2.05) is 174 Å². The van der Waals surface area contributed by atoms with Crippen LogP contribution in [0.3, 0.4) is 0 Å². The molecule has 11 nitrogen and oxygen atoms in total. The largest absolute Gasteiger partial charge is 0.448 e. The van der Waals surface area contributed by atoms with Crippen LogP contribution in [0.2, 0.25) is 0 Å². The lowest BCUT2D eigenvalue weighted by Crippen LogP contribution is -2.74. The third-order valence-corrected chi connectivity index (χ3v) is 13.7. The predicted octanol–water partition coefficient (Wildman–Crippen LogP) is 7.93. The van der Waals surface area contributed by atoms with Crippen molar-refractivity contribution in [1.82, 2.24) is 15.2 Å². The molecular weight excluding hydrogens is 948 g/mol. The van der Waals surface area contributed by atoms with E-state index in [1.165, 1.54) is 5.38 Å². The van der Waals surface area contributed by atoms with Crippen molar-refractivity contribution in [3.05, 3.63) is 202 Å². The van der Waals surface area contributed by atoms with E-state index in [0.29, 0.717) is 21.8 Å². The van der Waals surface area contributed by atoms with E-state index in [9.17, 15) is 27.4 Å². The van der Waals surface area contributed by atoms with Crippen LogP contribution in [0, 0.1) is 0 Å². The molecule has 5 aromatic carbocycles. The van der Waals surface area contributed by atoms with Gasteiger partial charge >= 0.3 is 12.6 Å². The molecule has 2 N–H and O–H groups in total. The second kappa shape index (κ2) is 18.9. The average Bonchev–Trinajstić information content (AvgIpc) is 3.77. The standard InChI is InChI=1S/C46H36F2IN5O6S2/c47-44(48)60-53-36(35-27-61-45(50-35)52-46(32-20-10-3-11-21-32,33-22-12-4-13-23-33)34-24-14-5-15-25-34)40(55)51-37-41(56)54-38(31(26-49)28-62(58)42(37)54)43(57)59-39(29-16-6-1-7-17-29)30-18-8-2-9-19-30/h1-25,27,37,39,42,44H,26,28H2,(H,50,52)(H,51,55)/t37?,42-,62?/m1/s1. The van der Waals surface area contributed by atoms with Gasteiger partial charge < -0.3 is 20.2 Å². The summed E-state index contributed by atoms with van der Waals surface area (Å²) < 4.78 is 47.1. The maximum absolute atomic E-state index is 14.1. The molecule has 0 aliphatic carbocycles. The number of hydrogen-bond acceptors (Lipinski definition) is 10. The number of benzene rings is 5. The van der Waals surface area contributed by atoms with Crippen molar-refractivity contribution in [3.8, 4) is 0 Å². The number of esters is 1. The number of nitrogens with zero attached hydrogens (tertiary/aromatic N) is 3. The summed E-state index contributed by atoms with van der Waals surface area (Å²) in [6.45, 7) is -3.39. The molecule has 2 aliphatic heterocycles. The number of carbonyl (C=O) groups is 3. The molecule has 2 aliphatic rings. The van der Waals surface area contributed by atoms with Gasteiger partial charge in [-0.2, -0.15) is 8.78 Å². The van der Waals surface area contributed by atoms with Crippen LogP contribution >= 0.6 is 33.9 Å². The zero-order valence-corrected chi connectivity index (χ0v) is 36.3. The number of alkyl halides is 3. The number of ether oxygens (including phenoxy) is 1. The number of carbonyl (C=O) groups excluding carboxylic acids is 3. The fourth-order valence-corrected chi connectivity index (χ4v) is 11.0. The molecule has 6 aromatic rings. The molecule has 62 heavy (non-hydrogen) atoms. The van der Waals surface area contributed by atoms with E-state index in [1.54, 1.807) is 0 Å². The lowest BCUT2D eigenvalue weighted by atomic mass is 9.77. The summed E-state index contributed by atoms with van der Waals surface area (Å²) in [7, 11) is -1.77. The molecule has 8 rings (SSSR count). The van der Waals surface area contributed by atoms with Crippen LogP contribution in [0.25, 0.3) is 0 Å². The van der Waals surface area contributed by atoms with Crippen molar-refractivity contribution in [3.63, 3.8) is 0 Å². The van der Waals surface area contributed by atoms with Gasteiger partial charge in [-0.3, -0.25) is 18.7 Å². The monoisotopic (exact) mass is 983 g/mol. The van der Waals surface area contributed by atoms with Gasteiger partial charge in [-0.05, 0) is 33.4 Å². The first-order valence-corrected chi connectivity index (χ1v) is 23.0. The number of thiazole rings is 1. The maximum atomic E-state index is 14.1. The number of oxime groups is 1. The summed E-state index contributed by atoms with van der Waals surface area (Å²) in [5, 5.41) is 10.2. The first-order chi connectivity index (χ1) is 30.2. The summed E-state index contributed by atoms with van der Waals surface area (Å²) in [6.07, 6.45) is -0.824. The number of β-lactam (4-membered cyclic amide) rings is 1. The number of nitrogens with one attached hydrogen (secondary N) is 2. The molecule has 0 spiro atoms. The Kier molecular flexibility index (Phi) is 13.0. The van der Waals surface area contributed by atoms with Crippen LogP contribution in [0.4, 0.5) is 13.9 Å². The maximum Gasteiger partial charge on any atom is 0.407 e. The Bertz CT molecular complexity index is 2510. The lowest BCUT2D eigenvalue weighted by Gasteiger charge is -2.49. The van der Waals surface area contributed by atoms with Crippen molar-refractivity contribution in [2.24, 2.45) is 5.16 Å². The molecule has 16 heteroatoms. The molecule has 2 amide bonds. The molecule has 1 aromatic heterocycles. The Morgan fingerprint density at radius 1 is 0.839 bits per heavy atom. The number of fused-ring (bicyclic) bond motifs is 1. The van der Waals surface area contributed by atoms with Gasteiger partial charge in [0.2, 0.25) is 0 Å². The summed E-state index contributed by atoms with van der Waals surface area (Å²) in [4.78, 5) is 52.2. The van der Waals surface area contributed by atoms with Crippen LogP contribution in [0.5, 0.6) is 0 Å². The Balaban J connectivity index is 1.07. The van der Waals surface area contributed by atoms with E-state index in [4.69, 9.17) is 4.74 Å². The average molecular weight is 984 g/mol. The van der Waals surface area contributed by atoms with Gasteiger partial charge in [0, 0.05) is 9.81 Å². The quantitative estimate of drug-likeness (QED) is 0.0201. The van der Waals surface area contributed by atoms with Crippen molar-refractivity contribution in [2.75, 3.05) is 15.5 Å². The minimum absolute atomic E-state index is 0.0553. The number of aromatic nitrogens is 1. The number of rotatable bonds is 15. The highest BCUT2D eigenvalue weighted by Gasteiger charge is 2.57. The molecule has 2 unspecified atom stereocenters. The smallest absolute Gasteiger partial charge is 0.407 e. The zero-order chi connectivity index (χ0) is 43.2. The normalized spacial score (nSPS) is 17.6. The molecule has 3 atom stereocenters. The highest BCUT2D eigenvalue weighted by molar-refractivity contribution is 14.1. The van der Waals surface area contributed by atoms with Gasteiger partial charge in [0.15, 0.2) is 16.9 Å². The van der Waals surface area contributed by atoms with Gasteiger partial charge in [-0.15, -0.1) is 11.3 Å². The number of hydrogen-bond donors (Lipinski definition) is 2. The number of amides is 2. The van der Waals surface area contributed by atoms with Crippen molar-refractivity contribution < 1.29 is 36.9 Å². The highest BCUT2D eigenvalue weighted by Crippen LogP contribution is 2.41. The van der Waals surface area contributed by atoms with E-state index in [2.05, 4.69) is 25.6 Å². The van der Waals surface area contributed by atoms with Crippen LogP contribution in [0.1, 0.15) is 39.6 Å². The molecule has 3 heterocycles. The Morgan fingerprint density at radius 3 is 1.82 bits per heavy atom. The van der Waals surface area contributed by atoms with Crippen LogP contribution < -0.4 is 10.6 Å². The zero-order valence-electron chi connectivity index (χ0n) is 32.5. The third kappa shape index (κ3) is 8.54. The molecule has 0 saturated carbocycles. The molecule has 314 valence electrons. The topological polar surface area (TPSA) is 139 Å². The Morgan fingerprint density at radius 2 is 1.34 bits per heavy atom. The number of halogens is 3. The lowest BCUT2D eigenvalue weighted by molar-refractivity contribution is -0.154. The van der Waals surface area contributed by atoms with Gasteiger partial charge in [0.05, 0.1) is 16.6 Å². The molecular formula is C46H36F2IN5O6S2. The Hall–Kier alpha value is -6.11. The summed E-state index contributed by atoms with van der Waals surface area (Å²) in [5.74, 6) is -2.70. The fraction of sp³-hybridized carbons (Fsp3) is 0.152. The van der Waals surface area contributed by atoms with E-state index < -0.39 is 64.0 Å². The predicted molar refractivity (Wildman–Crippen MR) is 241 cm³/mol. The van der Waals surface area contributed by atoms with Crippen molar-refractivity contribution >= 4 is 73.4 Å². The molecule has 0 bridgehead atoms. The van der Waals surface area contributed by atoms with Gasteiger partial charge in [-0.25, -0.2) is 9.78 Å². The molecule has 1 saturated heterocycles. The Labute approximate surface area is 375 Å². The first kappa shape index (κ1) is 42.6. The fourth-order valence-electron chi connectivity index (χ4n) is 7.58. The first-order valence-electron chi connectivity index (χ1n) is 19.2. The second-order valence-corrected chi connectivity index (χ2v) is 17.2. The summed E-state index contributed by atoms with van der Waals surface area (Å²) >= 11 is 3.13. The van der Waals surface area contributed by atoms with E-state index in [-0.39, 0.29) is 21.6 Å². The van der Waals surface area contributed by atoms with Crippen LogP contribution in [-0.2, 0) is 40.3 Å². The third-order valence-electron chi connectivity index (χ3n) is 10.4. The highest BCUT2D eigenvalue weighted by atomic mass is 127. The minimum Gasteiger partial charge on any atom is -0.448 e. The van der Waals surface area contributed by atoms with Gasteiger partial charge in [0.1, 0.15) is 28.3 Å². The summed E-state index contributed by atoms with van der Waals surface area (Å²) in [6, 6.07) is 45.9. The SMILES string of the molecule is O=C(NC1C(=O)N2C(C(=O)OC(c3ccccc3)c3ccccc3)=C(CI)CS(=O)[C@H]12)C(=NOC(F)F)c1csc(NC(c2ccccc2)(c2ccccc2)c2ccccc2)n1. The second-order valence-electron chi connectivity index (χ2n) is 14.1. The molecule has 1 fully saturated rings. The van der Waals surface area contributed by atoms with Crippen LogP contribution in [-0.4, -0.2) is 65.8 Å². The van der Waals surface area contributed by atoms with Crippen LogP contribution in [0.15, 0.2) is 173 Å². The number of anilines is 1.